The van der Waals surface area contributed by atoms with Crippen molar-refractivity contribution in [1.29, 1.82) is 0 Å². The molecule has 3 aromatic rings. The van der Waals surface area contributed by atoms with Gasteiger partial charge in [0, 0.05) is 16.6 Å². The zero-order valence-corrected chi connectivity index (χ0v) is 16.3. The van der Waals surface area contributed by atoms with Crippen molar-refractivity contribution in [2.45, 2.75) is 19.6 Å². The molecule has 0 amide bonds. The zero-order chi connectivity index (χ0) is 16.9. The van der Waals surface area contributed by atoms with Gasteiger partial charge in [-0.05, 0) is 48.4 Å². The monoisotopic (exact) mass is 421 g/mol. The highest BCUT2D eigenvalue weighted by Crippen LogP contribution is 2.27. The smallest absolute Gasteiger partial charge is 0.134 e. The van der Waals surface area contributed by atoms with Crippen LogP contribution < -0.4 is 5.32 Å². The molecule has 0 saturated heterocycles. The summed E-state index contributed by atoms with van der Waals surface area (Å²) in [5.41, 5.74) is 3.17. The first-order valence-corrected chi connectivity index (χ1v) is 8.72. The summed E-state index contributed by atoms with van der Waals surface area (Å²) < 4.78 is 6.98. The third-order valence-corrected chi connectivity index (χ3v) is 4.43. The summed E-state index contributed by atoms with van der Waals surface area (Å²) in [5.74, 6) is 1.72. The standard InChI is InChI=1S/C20H20BrNO2.ClH/c1-14-11-16(21)7-9-18(14)20-10-8-17(24-20)12-22-13-19(23)15-5-3-2-4-6-15;/h2-11,19,22-23H,12-13H2,1H3;1H. The molecule has 1 atom stereocenters. The fraction of sp³-hybridized carbons (Fsp3) is 0.200. The Morgan fingerprint density at radius 2 is 1.84 bits per heavy atom. The van der Waals surface area contributed by atoms with Crippen LogP contribution in [0, 0.1) is 6.92 Å². The van der Waals surface area contributed by atoms with Gasteiger partial charge in [0.2, 0.25) is 0 Å². The second-order valence-corrected chi connectivity index (χ2v) is 6.70. The van der Waals surface area contributed by atoms with Gasteiger partial charge in [-0.2, -0.15) is 0 Å². The van der Waals surface area contributed by atoms with Gasteiger partial charge in [-0.15, -0.1) is 12.4 Å². The summed E-state index contributed by atoms with van der Waals surface area (Å²) in [5, 5.41) is 13.4. The molecule has 0 aliphatic heterocycles. The van der Waals surface area contributed by atoms with E-state index in [1.54, 1.807) is 0 Å². The van der Waals surface area contributed by atoms with E-state index in [1.165, 1.54) is 0 Å². The van der Waals surface area contributed by atoms with E-state index in [0.29, 0.717) is 13.1 Å². The van der Waals surface area contributed by atoms with Crippen molar-refractivity contribution in [2.24, 2.45) is 0 Å². The lowest BCUT2D eigenvalue weighted by Crippen LogP contribution is -2.20. The average Bonchev–Trinajstić information content (AvgIpc) is 3.04. The number of aliphatic hydroxyl groups is 1. The van der Waals surface area contributed by atoms with Crippen molar-refractivity contribution in [2.75, 3.05) is 6.54 Å². The molecule has 25 heavy (non-hydrogen) atoms. The molecule has 0 aliphatic rings. The molecule has 3 nitrogen and oxygen atoms in total. The van der Waals surface area contributed by atoms with Crippen LogP contribution in [0.5, 0.6) is 0 Å². The lowest BCUT2D eigenvalue weighted by Gasteiger charge is -2.11. The third-order valence-electron chi connectivity index (χ3n) is 3.94. The molecule has 5 heteroatoms. The van der Waals surface area contributed by atoms with E-state index in [2.05, 4.69) is 40.3 Å². The van der Waals surface area contributed by atoms with E-state index < -0.39 is 6.10 Å². The van der Waals surface area contributed by atoms with Crippen LogP contribution in [0.15, 0.2) is 69.6 Å². The summed E-state index contributed by atoms with van der Waals surface area (Å²) in [6.07, 6.45) is -0.519. The first-order chi connectivity index (χ1) is 11.6. The number of aryl methyl sites for hydroxylation is 1. The van der Waals surface area contributed by atoms with E-state index in [9.17, 15) is 5.11 Å². The van der Waals surface area contributed by atoms with Gasteiger partial charge in [0.25, 0.3) is 0 Å². The maximum Gasteiger partial charge on any atom is 0.134 e. The van der Waals surface area contributed by atoms with Gasteiger partial charge in [0.1, 0.15) is 11.5 Å². The second kappa shape index (κ2) is 9.20. The fourth-order valence-corrected chi connectivity index (χ4v) is 3.12. The van der Waals surface area contributed by atoms with Gasteiger partial charge in [0.15, 0.2) is 0 Å². The Morgan fingerprint density at radius 3 is 2.56 bits per heavy atom. The van der Waals surface area contributed by atoms with Crippen molar-refractivity contribution in [3.63, 3.8) is 0 Å². The number of furan rings is 1. The summed E-state index contributed by atoms with van der Waals surface area (Å²) in [6, 6.07) is 19.7. The van der Waals surface area contributed by atoms with E-state index in [0.717, 1.165) is 32.7 Å². The second-order valence-electron chi connectivity index (χ2n) is 5.78. The summed E-state index contributed by atoms with van der Waals surface area (Å²) in [4.78, 5) is 0. The molecule has 1 aromatic heterocycles. The molecule has 0 aliphatic carbocycles. The van der Waals surface area contributed by atoms with Gasteiger partial charge in [-0.3, -0.25) is 0 Å². The number of benzene rings is 2. The molecule has 132 valence electrons. The van der Waals surface area contributed by atoms with E-state index in [-0.39, 0.29) is 12.4 Å². The van der Waals surface area contributed by atoms with Crippen LogP contribution in [-0.4, -0.2) is 11.7 Å². The third kappa shape index (κ3) is 5.19. The molecule has 1 heterocycles. The first kappa shape index (κ1) is 19.7. The molecule has 2 N–H and O–H groups in total. The van der Waals surface area contributed by atoms with E-state index in [1.807, 2.05) is 48.5 Å². The number of hydrogen-bond acceptors (Lipinski definition) is 3. The highest BCUT2D eigenvalue weighted by Gasteiger charge is 2.09. The SMILES string of the molecule is Cc1cc(Br)ccc1-c1ccc(CNCC(O)c2ccccc2)o1.Cl. The first-order valence-electron chi connectivity index (χ1n) is 7.92. The predicted molar refractivity (Wildman–Crippen MR) is 107 cm³/mol. The van der Waals surface area contributed by atoms with E-state index >= 15 is 0 Å². The molecular weight excluding hydrogens is 402 g/mol. The molecular formula is C20H21BrClNO2. The fourth-order valence-electron chi connectivity index (χ4n) is 2.65. The summed E-state index contributed by atoms with van der Waals surface area (Å²) >= 11 is 3.48. The maximum absolute atomic E-state index is 10.1. The molecule has 0 radical (unpaired) electrons. The average molecular weight is 423 g/mol. The Bertz CT molecular complexity index is 804. The largest absolute Gasteiger partial charge is 0.460 e. The lowest BCUT2D eigenvalue weighted by atomic mass is 10.1. The van der Waals surface area contributed by atoms with Crippen LogP contribution in [0.3, 0.4) is 0 Å². The minimum Gasteiger partial charge on any atom is -0.460 e. The molecule has 0 spiro atoms. The van der Waals surface area contributed by atoms with Crippen LogP contribution in [-0.2, 0) is 6.54 Å². The molecule has 0 saturated carbocycles. The number of hydrogen-bond donors (Lipinski definition) is 2. The minimum absolute atomic E-state index is 0. The van der Waals surface area contributed by atoms with Crippen molar-refractivity contribution >= 4 is 28.3 Å². The molecule has 2 aromatic carbocycles. The predicted octanol–water partition coefficient (Wildman–Crippen LogP) is 5.26. The van der Waals surface area contributed by atoms with Crippen LogP contribution in [0.25, 0.3) is 11.3 Å². The Balaban J connectivity index is 0.00000225. The topological polar surface area (TPSA) is 45.4 Å². The summed E-state index contributed by atoms with van der Waals surface area (Å²) in [6.45, 7) is 3.13. The Hall–Kier alpha value is -1.59. The Kier molecular flexibility index (Phi) is 7.26. The van der Waals surface area contributed by atoms with Gasteiger partial charge in [0.05, 0.1) is 12.6 Å². The quantitative estimate of drug-likeness (QED) is 0.569. The summed E-state index contributed by atoms with van der Waals surface area (Å²) in [7, 11) is 0. The van der Waals surface area contributed by atoms with Crippen LogP contribution >= 0.6 is 28.3 Å². The van der Waals surface area contributed by atoms with Crippen LogP contribution in [0.2, 0.25) is 0 Å². The van der Waals surface area contributed by atoms with E-state index in [4.69, 9.17) is 4.42 Å². The van der Waals surface area contributed by atoms with Crippen molar-refractivity contribution in [3.8, 4) is 11.3 Å². The van der Waals surface area contributed by atoms with Crippen molar-refractivity contribution in [1.82, 2.24) is 5.32 Å². The maximum atomic E-state index is 10.1. The molecule has 0 bridgehead atoms. The van der Waals surface area contributed by atoms with Gasteiger partial charge >= 0.3 is 0 Å². The highest BCUT2D eigenvalue weighted by atomic mass is 79.9. The Labute approximate surface area is 162 Å². The van der Waals surface area contributed by atoms with Crippen molar-refractivity contribution in [3.05, 3.63) is 82.0 Å². The van der Waals surface area contributed by atoms with Crippen molar-refractivity contribution < 1.29 is 9.52 Å². The molecule has 0 fully saturated rings. The Morgan fingerprint density at radius 1 is 1.08 bits per heavy atom. The highest BCUT2D eigenvalue weighted by molar-refractivity contribution is 9.10. The molecule has 3 rings (SSSR count). The van der Waals surface area contributed by atoms with Crippen LogP contribution in [0.4, 0.5) is 0 Å². The zero-order valence-electron chi connectivity index (χ0n) is 13.9. The minimum atomic E-state index is -0.519. The number of nitrogens with one attached hydrogen (secondary N) is 1. The van der Waals surface area contributed by atoms with Gasteiger partial charge in [-0.25, -0.2) is 0 Å². The lowest BCUT2D eigenvalue weighted by molar-refractivity contribution is 0.173. The normalized spacial score (nSPS) is 11.8. The van der Waals surface area contributed by atoms with Crippen LogP contribution in [0.1, 0.15) is 23.0 Å². The van der Waals surface area contributed by atoms with Gasteiger partial charge < -0.3 is 14.8 Å². The molecule has 1 unspecified atom stereocenters. The number of aliphatic hydroxyl groups excluding tert-OH is 1. The van der Waals surface area contributed by atoms with Gasteiger partial charge in [-0.1, -0.05) is 46.3 Å². The number of halogens is 2. The number of rotatable bonds is 6.